The van der Waals surface area contributed by atoms with Crippen LogP contribution in [-0.4, -0.2) is 30.5 Å². The fourth-order valence-electron chi connectivity index (χ4n) is 4.46. The molecule has 7 nitrogen and oxygen atoms in total. The number of aromatic nitrogens is 5. The van der Waals surface area contributed by atoms with E-state index in [1.54, 1.807) is 10.7 Å². The maximum atomic E-state index is 13.7. The van der Waals surface area contributed by atoms with Crippen LogP contribution in [0.4, 0.5) is 10.1 Å². The summed E-state index contributed by atoms with van der Waals surface area (Å²) >= 11 is 6.22. The lowest BCUT2D eigenvalue weighted by Crippen LogP contribution is -2.14. The number of fused-ring (bicyclic) bond motifs is 1. The molecule has 9 heteroatoms. The first kappa shape index (κ1) is 24.6. The van der Waals surface area contributed by atoms with Crippen LogP contribution in [0.25, 0.3) is 22.2 Å². The number of para-hydroxylation sites is 1. The highest BCUT2D eigenvalue weighted by Gasteiger charge is 2.20. The molecule has 0 spiro atoms. The van der Waals surface area contributed by atoms with Crippen molar-refractivity contribution in [3.05, 3.63) is 93.8 Å². The van der Waals surface area contributed by atoms with Crippen molar-refractivity contribution in [2.75, 3.05) is 5.32 Å². The predicted octanol–water partition coefficient (Wildman–Crippen LogP) is 6.33. The van der Waals surface area contributed by atoms with Crippen LogP contribution in [-0.2, 0) is 13.1 Å². The highest BCUT2D eigenvalue weighted by atomic mass is 35.5. The fraction of sp³-hybridized carbons (Fsp3) is 0.214. The van der Waals surface area contributed by atoms with Crippen LogP contribution in [0.2, 0.25) is 5.02 Å². The molecule has 5 rings (SSSR count). The minimum atomic E-state index is -0.392. The second-order valence-corrected chi connectivity index (χ2v) is 9.36. The SMILES string of the molecule is CCn1cc(-c2cc(C(=O)Nc3c(C)nn(Cc4ccc(F)cc4Cl)c3C)c3ccccc3n2)c(C)n1. The fourth-order valence-corrected chi connectivity index (χ4v) is 4.68. The molecule has 0 radical (unpaired) electrons. The van der Waals surface area contributed by atoms with Gasteiger partial charge in [0.05, 0.1) is 46.1 Å². The molecular weight excluding hydrogens is 491 g/mol. The smallest absolute Gasteiger partial charge is 0.256 e. The average Bonchev–Trinajstić information content (AvgIpc) is 3.39. The maximum absolute atomic E-state index is 13.7. The number of anilines is 1. The molecule has 3 aromatic heterocycles. The number of pyridine rings is 1. The van der Waals surface area contributed by atoms with Crippen molar-refractivity contribution in [1.82, 2.24) is 24.5 Å². The Kier molecular flexibility index (Phi) is 6.52. The van der Waals surface area contributed by atoms with Crippen LogP contribution >= 0.6 is 11.6 Å². The molecule has 0 saturated heterocycles. The molecule has 1 amide bonds. The topological polar surface area (TPSA) is 77.6 Å². The lowest BCUT2D eigenvalue weighted by Gasteiger charge is -2.11. The Morgan fingerprint density at radius 1 is 1.05 bits per heavy atom. The molecule has 1 N–H and O–H groups in total. The number of halogens is 2. The largest absolute Gasteiger partial charge is 0.319 e. The van der Waals surface area contributed by atoms with Gasteiger partial charge in [-0.05, 0) is 57.5 Å². The number of amides is 1. The zero-order valence-electron chi connectivity index (χ0n) is 21.0. The number of benzene rings is 2. The second-order valence-electron chi connectivity index (χ2n) is 8.95. The quantitative estimate of drug-likeness (QED) is 0.286. The molecule has 0 aliphatic heterocycles. The van der Waals surface area contributed by atoms with E-state index in [4.69, 9.17) is 16.6 Å². The van der Waals surface area contributed by atoms with Crippen molar-refractivity contribution < 1.29 is 9.18 Å². The van der Waals surface area contributed by atoms with E-state index >= 15 is 0 Å². The molecule has 5 aromatic rings. The van der Waals surface area contributed by atoms with Gasteiger partial charge in [0.1, 0.15) is 5.82 Å². The Bertz CT molecular complexity index is 1650. The first-order valence-electron chi connectivity index (χ1n) is 12.0. The van der Waals surface area contributed by atoms with E-state index in [9.17, 15) is 9.18 Å². The summed E-state index contributed by atoms with van der Waals surface area (Å²) in [5, 5.41) is 13.3. The summed E-state index contributed by atoms with van der Waals surface area (Å²) in [7, 11) is 0. The molecule has 37 heavy (non-hydrogen) atoms. The van der Waals surface area contributed by atoms with Gasteiger partial charge >= 0.3 is 0 Å². The van der Waals surface area contributed by atoms with Gasteiger partial charge in [-0.1, -0.05) is 35.9 Å². The number of rotatable bonds is 6. The van der Waals surface area contributed by atoms with Gasteiger partial charge in [0, 0.05) is 28.7 Å². The zero-order valence-corrected chi connectivity index (χ0v) is 21.8. The van der Waals surface area contributed by atoms with Gasteiger partial charge in [0.2, 0.25) is 0 Å². The van der Waals surface area contributed by atoms with Crippen LogP contribution in [0, 0.1) is 26.6 Å². The second kappa shape index (κ2) is 9.78. The summed E-state index contributed by atoms with van der Waals surface area (Å²) in [6.07, 6.45) is 1.95. The van der Waals surface area contributed by atoms with Crippen molar-refractivity contribution in [2.24, 2.45) is 0 Å². The predicted molar refractivity (Wildman–Crippen MR) is 144 cm³/mol. The molecular formula is C28H26ClFN6O. The van der Waals surface area contributed by atoms with E-state index in [0.717, 1.165) is 40.0 Å². The van der Waals surface area contributed by atoms with E-state index in [1.165, 1.54) is 12.1 Å². The van der Waals surface area contributed by atoms with E-state index < -0.39 is 5.82 Å². The number of hydrogen-bond acceptors (Lipinski definition) is 4. The van der Waals surface area contributed by atoms with E-state index in [0.29, 0.717) is 34.2 Å². The van der Waals surface area contributed by atoms with Gasteiger partial charge in [-0.15, -0.1) is 0 Å². The summed E-state index contributed by atoms with van der Waals surface area (Å²) in [5.41, 5.74) is 6.46. The minimum absolute atomic E-state index is 0.258. The number of carbonyl (C=O) groups is 1. The summed E-state index contributed by atoms with van der Waals surface area (Å²) in [6.45, 7) is 8.78. The Hall–Kier alpha value is -4.04. The van der Waals surface area contributed by atoms with E-state index in [1.807, 2.05) is 68.9 Å². The summed E-state index contributed by atoms with van der Waals surface area (Å²) in [5.74, 6) is -0.651. The van der Waals surface area contributed by atoms with Gasteiger partial charge in [0.25, 0.3) is 5.91 Å². The standard InChI is InChI=1S/C28H26ClFN6O/c1-5-35-15-23(16(2)33-35)26-13-22(21-8-6-7-9-25(21)31-26)28(37)32-27-17(3)34-36(18(27)4)14-19-10-11-20(30)12-24(19)29/h6-13,15H,5,14H2,1-4H3,(H,32,37). The lowest BCUT2D eigenvalue weighted by molar-refractivity contribution is 0.102. The molecule has 0 aliphatic rings. The average molecular weight is 517 g/mol. The Labute approximate surface area is 218 Å². The van der Waals surface area contributed by atoms with Crippen molar-refractivity contribution >= 4 is 34.1 Å². The number of aryl methyl sites for hydroxylation is 3. The van der Waals surface area contributed by atoms with Crippen LogP contribution in [0.5, 0.6) is 0 Å². The van der Waals surface area contributed by atoms with E-state index in [-0.39, 0.29) is 5.91 Å². The molecule has 0 unspecified atom stereocenters. The molecule has 0 bridgehead atoms. The number of hydrogen-bond donors (Lipinski definition) is 1. The molecule has 3 heterocycles. The van der Waals surface area contributed by atoms with Gasteiger partial charge < -0.3 is 5.32 Å². The Morgan fingerprint density at radius 3 is 2.57 bits per heavy atom. The number of carbonyl (C=O) groups excluding carboxylic acids is 1. The van der Waals surface area contributed by atoms with Crippen molar-refractivity contribution in [2.45, 2.75) is 40.8 Å². The Balaban J connectivity index is 1.51. The van der Waals surface area contributed by atoms with Crippen LogP contribution in [0.3, 0.4) is 0 Å². The van der Waals surface area contributed by atoms with Gasteiger partial charge in [0.15, 0.2) is 0 Å². The minimum Gasteiger partial charge on any atom is -0.319 e. The molecule has 0 atom stereocenters. The van der Waals surface area contributed by atoms with E-state index in [2.05, 4.69) is 15.5 Å². The first-order valence-corrected chi connectivity index (χ1v) is 12.4. The molecule has 0 saturated carbocycles. The third-order valence-electron chi connectivity index (χ3n) is 6.46. The van der Waals surface area contributed by atoms with Gasteiger partial charge in [-0.3, -0.25) is 14.2 Å². The zero-order chi connectivity index (χ0) is 26.3. The Morgan fingerprint density at radius 2 is 1.84 bits per heavy atom. The highest BCUT2D eigenvalue weighted by molar-refractivity contribution is 6.31. The monoisotopic (exact) mass is 516 g/mol. The lowest BCUT2D eigenvalue weighted by atomic mass is 10.0. The third kappa shape index (κ3) is 4.72. The van der Waals surface area contributed by atoms with Crippen LogP contribution < -0.4 is 5.32 Å². The normalized spacial score (nSPS) is 11.3. The highest BCUT2D eigenvalue weighted by Crippen LogP contribution is 2.29. The molecule has 0 aliphatic carbocycles. The van der Waals surface area contributed by atoms with Crippen LogP contribution in [0.1, 0.15) is 39.9 Å². The number of nitrogens with one attached hydrogen (secondary N) is 1. The summed E-state index contributed by atoms with van der Waals surface area (Å²) < 4.78 is 17.1. The molecule has 0 fully saturated rings. The number of nitrogens with zero attached hydrogens (tertiary/aromatic N) is 5. The maximum Gasteiger partial charge on any atom is 0.256 e. The van der Waals surface area contributed by atoms with Gasteiger partial charge in [-0.25, -0.2) is 9.37 Å². The third-order valence-corrected chi connectivity index (χ3v) is 6.81. The van der Waals surface area contributed by atoms with Crippen LogP contribution in [0.15, 0.2) is 54.7 Å². The first-order chi connectivity index (χ1) is 17.7. The molecule has 2 aromatic carbocycles. The van der Waals surface area contributed by atoms with Gasteiger partial charge in [-0.2, -0.15) is 10.2 Å². The van der Waals surface area contributed by atoms with Crippen molar-refractivity contribution in [3.8, 4) is 11.3 Å². The van der Waals surface area contributed by atoms with Crippen molar-refractivity contribution in [1.29, 1.82) is 0 Å². The summed E-state index contributed by atoms with van der Waals surface area (Å²) in [6, 6.07) is 13.7. The summed E-state index contributed by atoms with van der Waals surface area (Å²) in [4.78, 5) is 18.5. The van der Waals surface area contributed by atoms with Crippen molar-refractivity contribution in [3.63, 3.8) is 0 Å². The molecule has 188 valence electrons.